The van der Waals surface area contributed by atoms with E-state index in [1.807, 2.05) is 5.38 Å². The van der Waals surface area contributed by atoms with Gasteiger partial charge in [-0.25, -0.2) is 9.97 Å². The summed E-state index contributed by atoms with van der Waals surface area (Å²) in [6.45, 7) is 0. The number of fused-ring (bicyclic) bond motifs is 1. The molecule has 0 aliphatic carbocycles. The fourth-order valence-corrected chi connectivity index (χ4v) is 1.92. The molecular formula is C8H5N5OS. The molecule has 0 atom stereocenters. The molecular weight excluding hydrogens is 214 g/mol. The van der Waals surface area contributed by atoms with E-state index in [1.165, 1.54) is 23.9 Å². The first-order valence-corrected chi connectivity index (χ1v) is 5.05. The number of hydrogen-bond donors (Lipinski definition) is 1. The van der Waals surface area contributed by atoms with Crippen LogP contribution >= 0.6 is 11.3 Å². The van der Waals surface area contributed by atoms with Crippen LogP contribution in [0.1, 0.15) is 0 Å². The molecule has 0 aliphatic rings. The van der Waals surface area contributed by atoms with E-state index in [0.29, 0.717) is 16.2 Å². The third-order valence-electron chi connectivity index (χ3n) is 1.97. The molecule has 6 nitrogen and oxygen atoms in total. The molecule has 3 rings (SSSR count). The number of nitrogens with one attached hydrogen (secondary N) is 1. The smallest absolute Gasteiger partial charge is 0.261 e. The Kier molecular flexibility index (Phi) is 1.65. The van der Waals surface area contributed by atoms with E-state index in [1.54, 1.807) is 10.9 Å². The normalized spacial score (nSPS) is 10.9. The molecule has 0 unspecified atom stereocenters. The quantitative estimate of drug-likeness (QED) is 0.649. The Morgan fingerprint density at radius 1 is 1.40 bits per heavy atom. The molecule has 3 aromatic heterocycles. The van der Waals surface area contributed by atoms with Crippen LogP contribution in [0, 0.1) is 0 Å². The third-order valence-corrected chi connectivity index (χ3v) is 2.72. The number of rotatable bonds is 1. The molecule has 0 saturated carbocycles. The van der Waals surface area contributed by atoms with Crippen molar-refractivity contribution in [3.05, 3.63) is 34.5 Å². The van der Waals surface area contributed by atoms with Crippen molar-refractivity contribution in [2.45, 2.75) is 0 Å². The molecule has 3 heterocycles. The highest BCUT2D eigenvalue weighted by molar-refractivity contribution is 7.12. The zero-order valence-electron chi connectivity index (χ0n) is 7.41. The van der Waals surface area contributed by atoms with E-state index in [0.717, 1.165) is 0 Å². The number of nitrogens with zero attached hydrogens (tertiary/aromatic N) is 4. The minimum atomic E-state index is -0.192. The predicted molar refractivity (Wildman–Crippen MR) is 55.2 cm³/mol. The minimum Gasteiger partial charge on any atom is -0.312 e. The summed E-state index contributed by atoms with van der Waals surface area (Å²) in [7, 11) is 0. The van der Waals surface area contributed by atoms with Gasteiger partial charge in [0.15, 0.2) is 5.65 Å². The van der Waals surface area contributed by atoms with Crippen molar-refractivity contribution < 1.29 is 0 Å². The van der Waals surface area contributed by atoms with E-state index < -0.39 is 0 Å². The SMILES string of the molecule is O=c1[nH]cnc2c1cnn2-c1nccs1. The van der Waals surface area contributed by atoms with Crippen molar-refractivity contribution in [1.29, 1.82) is 0 Å². The van der Waals surface area contributed by atoms with Gasteiger partial charge in [-0.2, -0.15) is 9.78 Å². The van der Waals surface area contributed by atoms with Crippen LogP contribution in [-0.4, -0.2) is 24.7 Å². The highest BCUT2D eigenvalue weighted by Gasteiger charge is 2.09. The average Bonchev–Trinajstić information content (AvgIpc) is 2.85. The molecule has 0 amide bonds. The van der Waals surface area contributed by atoms with Gasteiger partial charge in [-0.3, -0.25) is 4.79 Å². The summed E-state index contributed by atoms with van der Waals surface area (Å²) in [4.78, 5) is 22.1. The first kappa shape index (κ1) is 8.30. The summed E-state index contributed by atoms with van der Waals surface area (Å²) in [6, 6.07) is 0. The number of aromatic amines is 1. The summed E-state index contributed by atoms with van der Waals surface area (Å²) >= 11 is 1.44. The second-order valence-electron chi connectivity index (χ2n) is 2.84. The molecule has 0 aromatic carbocycles. The van der Waals surface area contributed by atoms with Gasteiger partial charge < -0.3 is 4.98 Å². The Bertz CT molecular complexity index is 653. The van der Waals surface area contributed by atoms with E-state index in [4.69, 9.17) is 0 Å². The largest absolute Gasteiger partial charge is 0.312 e. The maximum Gasteiger partial charge on any atom is 0.261 e. The second kappa shape index (κ2) is 2.99. The van der Waals surface area contributed by atoms with Crippen molar-refractivity contribution in [2.75, 3.05) is 0 Å². The van der Waals surface area contributed by atoms with Crippen LogP contribution in [0.5, 0.6) is 0 Å². The lowest BCUT2D eigenvalue weighted by Gasteiger charge is -1.95. The lowest BCUT2D eigenvalue weighted by Crippen LogP contribution is -2.06. The molecule has 0 spiro atoms. The Morgan fingerprint density at radius 2 is 2.33 bits per heavy atom. The molecule has 1 N–H and O–H groups in total. The fraction of sp³-hybridized carbons (Fsp3) is 0. The lowest BCUT2D eigenvalue weighted by molar-refractivity contribution is 0.883. The third kappa shape index (κ3) is 1.17. The van der Waals surface area contributed by atoms with Crippen molar-refractivity contribution >= 4 is 22.4 Å². The van der Waals surface area contributed by atoms with Gasteiger partial charge in [-0.1, -0.05) is 0 Å². The summed E-state index contributed by atoms with van der Waals surface area (Å²) in [5.41, 5.74) is 0.330. The Morgan fingerprint density at radius 3 is 3.13 bits per heavy atom. The standard InChI is InChI=1S/C8H5N5OS/c14-7-5-3-12-13(6(5)10-4-11-7)8-9-1-2-15-8/h1-4H,(H,10,11,14). The van der Waals surface area contributed by atoms with Crippen LogP contribution in [0.2, 0.25) is 0 Å². The minimum absolute atomic E-state index is 0.192. The number of hydrogen-bond acceptors (Lipinski definition) is 5. The fourth-order valence-electron chi connectivity index (χ4n) is 1.32. The Balaban J connectivity index is 2.39. The monoisotopic (exact) mass is 219 g/mol. The molecule has 3 aromatic rings. The number of thiazole rings is 1. The average molecular weight is 219 g/mol. The van der Waals surface area contributed by atoms with Gasteiger partial charge in [0.1, 0.15) is 5.39 Å². The van der Waals surface area contributed by atoms with Gasteiger partial charge in [0, 0.05) is 11.6 Å². The maximum absolute atomic E-state index is 11.4. The molecule has 74 valence electrons. The molecule has 0 aliphatic heterocycles. The number of aromatic nitrogens is 5. The van der Waals surface area contributed by atoms with Crippen LogP contribution in [0.15, 0.2) is 28.9 Å². The highest BCUT2D eigenvalue weighted by atomic mass is 32.1. The Labute approximate surface area is 87.2 Å². The van der Waals surface area contributed by atoms with Crippen LogP contribution < -0.4 is 5.56 Å². The zero-order chi connectivity index (χ0) is 10.3. The second-order valence-corrected chi connectivity index (χ2v) is 3.71. The van der Waals surface area contributed by atoms with Crippen LogP contribution in [0.3, 0.4) is 0 Å². The number of H-pyrrole nitrogens is 1. The molecule has 15 heavy (non-hydrogen) atoms. The molecule has 0 fully saturated rings. The van der Waals surface area contributed by atoms with Crippen molar-refractivity contribution in [3.8, 4) is 5.13 Å². The van der Waals surface area contributed by atoms with Crippen molar-refractivity contribution in [3.63, 3.8) is 0 Å². The van der Waals surface area contributed by atoms with Crippen molar-refractivity contribution in [1.82, 2.24) is 24.7 Å². The first-order chi connectivity index (χ1) is 7.36. The summed E-state index contributed by atoms with van der Waals surface area (Å²) < 4.78 is 1.55. The lowest BCUT2D eigenvalue weighted by atomic mass is 10.4. The van der Waals surface area contributed by atoms with Crippen LogP contribution in [-0.2, 0) is 0 Å². The summed E-state index contributed by atoms with van der Waals surface area (Å²) in [6.07, 6.45) is 4.53. The van der Waals surface area contributed by atoms with Crippen LogP contribution in [0.25, 0.3) is 16.2 Å². The highest BCUT2D eigenvalue weighted by Crippen LogP contribution is 2.14. The van der Waals surface area contributed by atoms with E-state index in [-0.39, 0.29) is 5.56 Å². The van der Waals surface area contributed by atoms with Gasteiger partial charge in [-0.15, -0.1) is 11.3 Å². The summed E-state index contributed by atoms with van der Waals surface area (Å²) in [5, 5.41) is 7.09. The molecule has 7 heteroatoms. The topological polar surface area (TPSA) is 76.5 Å². The van der Waals surface area contributed by atoms with E-state index in [9.17, 15) is 4.79 Å². The van der Waals surface area contributed by atoms with Gasteiger partial charge >= 0.3 is 0 Å². The molecule has 0 saturated heterocycles. The van der Waals surface area contributed by atoms with Gasteiger partial charge in [0.25, 0.3) is 5.56 Å². The zero-order valence-corrected chi connectivity index (χ0v) is 8.23. The summed E-state index contributed by atoms with van der Waals surface area (Å²) in [5.74, 6) is 0. The van der Waals surface area contributed by atoms with Crippen molar-refractivity contribution in [2.24, 2.45) is 0 Å². The van der Waals surface area contributed by atoms with Gasteiger partial charge in [0.2, 0.25) is 5.13 Å². The molecule has 0 radical (unpaired) electrons. The predicted octanol–water partition coefficient (Wildman–Crippen LogP) is 0.565. The van der Waals surface area contributed by atoms with E-state index >= 15 is 0 Å². The van der Waals surface area contributed by atoms with E-state index in [2.05, 4.69) is 20.1 Å². The van der Waals surface area contributed by atoms with Gasteiger partial charge in [0.05, 0.1) is 12.5 Å². The maximum atomic E-state index is 11.4. The van der Waals surface area contributed by atoms with Gasteiger partial charge in [-0.05, 0) is 0 Å². The molecule has 0 bridgehead atoms. The first-order valence-electron chi connectivity index (χ1n) is 4.17. The Hall–Kier alpha value is -2.02. The van der Waals surface area contributed by atoms with Crippen LogP contribution in [0.4, 0.5) is 0 Å².